The Morgan fingerprint density at radius 1 is 0.905 bits per heavy atom. The molecule has 0 N–H and O–H groups in total. The van der Waals surface area contributed by atoms with Crippen LogP contribution in [0.4, 0.5) is 0 Å². The number of carbonyl (C=O) groups excluding carboxylic acids is 1. The van der Waals surface area contributed by atoms with E-state index in [1.807, 2.05) is 0 Å². The molecule has 1 saturated heterocycles. The second-order valence-electron chi connectivity index (χ2n) is 6.97. The van der Waals surface area contributed by atoms with E-state index in [1.54, 1.807) is 0 Å². The van der Waals surface area contributed by atoms with Crippen LogP contribution < -0.4 is 0 Å². The molecule has 2 heteroatoms. The van der Waals surface area contributed by atoms with E-state index in [2.05, 4.69) is 18.7 Å². The summed E-state index contributed by atoms with van der Waals surface area (Å²) < 4.78 is 0. The van der Waals surface area contributed by atoms with Crippen LogP contribution in [-0.2, 0) is 4.79 Å². The minimum Gasteiger partial charge on any atom is -0.343 e. The molecule has 0 spiro atoms. The third-order valence-electron chi connectivity index (χ3n) is 4.99. The standard InChI is InChI=1S/C19H37NO/c1-3-18(2)14-10-8-6-4-5-7-9-11-15-19(21)20-16-12-13-17-20/h18H,3-17H2,1-2H3. The second kappa shape index (κ2) is 12.1. The van der Waals surface area contributed by atoms with Gasteiger partial charge >= 0.3 is 0 Å². The Hall–Kier alpha value is -0.530. The number of hydrogen-bond donors (Lipinski definition) is 0. The summed E-state index contributed by atoms with van der Waals surface area (Å²) in [5.74, 6) is 1.32. The van der Waals surface area contributed by atoms with Gasteiger partial charge < -0.3 is 4.90 Å². The van der Waals surface area contributed by atoms with Gasteiger partial charge in [-0.1, -0.05) is 71.6 Å². The molecule has 124 valence electrons. The van der Waals surface area contributed by atoms with Crippen LogP contribution in [0.25, 0.3) is 0 Å². The van der Waals surface area contributed by atoms with Gasteiger partial charge in [-0.3, -0.25) is 4.79 Å². The van der Waals surface area contributed by atoms with Crippen molar-refractivity contribution >= 4 is 5.91 Å². The Kier molecular flexibility index (Phi) is 10.6. The Balaban J connectivity index is 1.79. The van der Waals surface area contributed by atoms with Crippen LogP contribution in [0.3, 0.4) is 0 Å². The fraction of sp³-hybridized carbons (Fsp3) is 0.947. The summed E-state index contributed by atoms with van der Waals surface area (Å²) in [4.78, 5) is 13.9. The molecule has 0 aromatic carbocycles. The number of rotatable bonds is 12. The Labute approximate surface area is 132 Å². The first-order chi connectivity index (χ1) is 10.2. The zero-order valence-electron chi connectivity index (χ0n) is 14.5. The Morgan fingerprint density at radius 2 is 1.43 bits per heavy atom. The van der Waals surface area contributed by atoms with Crippen LogP contribution >= 0.6 is 0 Å². The first-order valence-electron chi connectivity index (χ1n) is 9.51. The highest BCUT2D eigenvalue weighted by molar-refractivity contribution is 5.76. The first-order valence-corrected chi connectivity index (χ1v) is 9.51. The Morgan fingerprint density at radius 3 is 2.00 bits per heavy atom. The molecule has 0 aromatic heterocycles. The molecule has 0 radical (unpaired) electrons. The molecule has 0 bridgehead atoms. The summed E-state index contributed by atoms with van der Waals surface area (Å²) >= 11 is 0. The lowest BCUT2D eigenvalue weighted by molar-refractivity contribution is -0.130. The molecule has 1 amide bonds. The molecule has 1 unspecified atom stereocenters. The maximum atomic E-state index is 11.9. The maximum Gasteiger partial charge on any atom is 0.222 e. The van der Waals surface area contributed by atoms with Crippen molar-refractivity contribution in [3.05, 3.63) is 0 Å². The average molecular weight is 296 g/mol. The van der Waals surface area contributed by atoms with Crippen molar-refractivity contribution in [2.45, 2.75) is 97.3 Å². The van der Waals surface area contributed by atoms with Gasteiger partial charge in [0.2, 0.25) is 5.91 Å². The van der Waals surface area contributed by atoms with Crippen LogP contribution in [0.1, 0.15) is 97.3 Å². The highest BCUT2D eigenvalue weighted by Crippen LogP contribution is 2.15. The minimum absolute atomic E-state index is 0.401. The van der Waals surface area contributed by atoms with Crippen molar-refractivity contribution in [2.24, 2.45) is 5.92 Å². The topological polar surface area (TPSA) is 20.3 Å². The zero-order valence-corrected chi connectivity index (χ0v) is 14.5. The van der Waals surface area contributed by atoms with Crippen molar-refractivity contribution in [1.29, 1.82) is 0 Å². The fourth-order valence-corrected chi connectivity index (χ4v) is 3.16. The molecule has 0 aromatic rings. The molecule has 1 aliphatic rings. The molecule has 0 aliphatic carbocycles. The fourth-order valence-electron chi connectivity index (χ4n) is 3.16. The van der Waals surface area contributed by atoms with Crippen LogP contribution in [0, 0.1) is 5.92 Å². The molecule has 0 saturated carbocycles. The highest BCUT2D eigenvalue weighted by atomic mass is 16.2. The number of hydrogen-bond acceptors (Lipinski definition) is 1. The lowest BCUT2D eigenvalue weighted by atomic mass is 9.99. The van der Waals surface area contributed by atoms with Crippen molar-refractivity contribution in [3.8, 4) is 0 Å². The van der Waals surface area contributed by atoms with Crippen molar-refractivity contribution in [3.63, 3.8) is 0 Å². The first kappa shape index (κ1) is 18.5. The van der Waals surface area contributed by atoms with Gasteiger partial charge in [-0.2, -0.15) is 0 Å². The molecule has 1 fully saturated rings. The van der Waals surface area contributed by atoms with Gasteiger partial charge in [-0.15, -0.1) is 0 Å². The normalized spacial score (nSPS) is 16.4. The SMILES string of the molecule is CCC(C)CCCCCCCCCCC(=O)N1CCCC1. The van der Waals surface area contributed by atoms with E-state index < -0.39 is 0 Å². The molecule has 1 atom stereocenters. The lowest BCUT2D eigenvalue weighted by Crippen LogP contribution is -2.27. The van der Waals surface area contributed by atoms with Crippen LogP contribution in [0.2, 0.25) is 0 Å². The molecule has 21 heavy (non-hydrogen) atoms. The lowest BCUT2D eigenvalue weighted by Gasteiger charge is -2.14. The molecular weight excluding hydrogens is 258 g/mol. The molecule has 1 aliphatic heterocycles. The highest BCUT2D eigenvalue weighted by Gasteiger charge is 2.16. The monoisotopic (exact) mass is 295 g/mol. The summed E-state index contributed by atoms with van der Waals surface area (Å²) in [7, 11) is 0. The third-order valence-corrected chi connectivity index (χ3v) is 4.99. The summed E-state index contributed by atoms with van der Waals surface area (Å²) in [5.41, 5.74) is 0. The molecule has 1 rings (SSSR count). The van der Waals surface area contributed by atoms with Gasteiger partial charge in [0.1, 0.15) is 0 Å². The number of nitrogens with zero attached hydrogens (tertiary/aromatic N) is 1. The van der Waals surface area contributed by atoms with Crippen LogP contribution in [-0.4, -0.2) is 23.9 Å². The number of unbranched alkanes of at least 4 members (excludes halogenated alkanes) is 7. The van der Waals surface area contributed by atoms with Crippen LogP contribution in [0.15, 0.2) is 0 Å². The van der Waals surface area contributed by atoms with Crippen molar-refractivity contribution in [2.75, 3.05) is 13.1 Å². The summed E-state index contributed by atoms with van der Waals surface area (Å²) in [6, 6.07) is 0. The number of amides is 1. The number of carbonyl (C=O) groups is 1. The van der Waals surface area contributed by atoms with Gasteiger partial charge in [-0.25, -0.2) is 0 Å². The summed E-state index contributed by atoms with van der Waals surface area (Å²) in [5, 5.41) is 0. The maximum absolute atomic E-state index is 11.9. The van der Waals surface area contributed by atoms with Crippen LogP contribution in [0.5, 0.6) is 0 Å². The van der Waals surface area contributed by atoms with Crippen molar-refractivity contribution < 1.29 is 4.79 Å². The predicted molar refractivity (Wildman–Crippen MR) is 91.4 cm³/mol. The molecular formula is C19H37NO. The second-order valence-corrected chi connectivity index (χ2v) is 6.97. The molecule has 1 heterocycles. The molecule has 2 nitrogen and oxygen atoms in total. The average Bonchev–Trinajstić information content (AvgIpc) is 3.03. The summed E-state index contributed by atoms with van der Waals surface area (Å²) in [6.07, 6.45) is 16.6. The largest absolute Gasteiger partial charge is 0.343 e. The van der Waals surface area contributed by atoms with Gasteiger partial charge in [0.25, 0.3) is 0 Å². The third kappa shape index (κ3) is 9.16. The predicted octanol–water partition coefficient (Wildman–Crippen LogP) is 5.56. The minimum atomic E-state index is 0.401. The van der Waals surface area contributed by atoms with E-state index in [1.165, 1.54) is 70.6 Å². The summed E-state index contributed by atoms with van der Waals surface area (Å²) in [6.45, 7) is 6.67. The smallest absolute Gasteiger partial charge is 0.222 e. The van der Waals surface area contributed by atoms with Crippen molar-refractivity contribution in [1.82, 2.24) is 4.90 Å². The van der Waals surface area contributed by atoms with Gasteiger partial charge in [0.15, 0.2) is 0 Å². The van der Waals surface area contributed by atoms with E-state index >= 15 is 0 Å². The van der Waals surface area contributed by atoms with E-state index in [0.29, 0.717) is 5.91 Å². The van der Waals surface area contributed by atoms with E-state index in [9.17, 15) is 4.79 Å². The van der Waals surface area contributed by atoms with Gasteiger partial charge in [-0.05, 0) is 25.2 Å². The van der Waals surface area contributed by atoms with Gasteiger partial charge in [0, 0.05) is 19.5 Å². The number of likely N-dealkylation sites (tertiary alicyclic amines) is 1. The van der Waals surface area contributed by atoms with E-state index in [-0.39, 0.29) is 0 Å². The van der Waals surface area contributed by atoms with E-state index in [4.69, 9.17) is 0 Å². The Bertz CT molecular complexity index is 258. The van der Waals surface area contributed by atoms with Gasteiger partial charge in [0.05, 0.1) is 0 Å². The quantitative estimate of drug-likeness (QED) is 0.432. The zero-order chi connectivity index (χ0) is 15.3. The van der Waals surface area contributed by atoms with E-state index in [0.717, 1.165) is 31.8 Å².